The first-order valence-electron chi connectivity index (χ1n) is 6.77. The first-order chi connectivity index (χ1) is 8.85. The molecule has 0 amide bonds. The number of nitrogens with one attached hydrogen (secondary N) is 1. The van der Waals surface area contributed by atoms with Crippen molar-refractivity contribution in [2.24, 2.45) is 5.92 Å². The van der Waals surface area contributed by atoms with Crippen LogP contribution in [0.1, 0.15) is 39.5 Å². The summed E-state index contributed by atoms with van der Waals surface area (Å²) in [6, 6.07) is 2.09. The van der Waals surface area contributed by atoms with Gasteiger partial charge in [0, 0.05) is 6.54 Å². The Morgan fingerprint density at radius 1 is 1.33 bits per heavy atom. The normalized spacial score (nSPS) is 12.8. The number of hydrogen-bond acceptors (Lipinski definition) is 4. The van der Waals surface area contributed by atoms with E-state index < -0.39 is 0 Å². The van der Waals surface area contributed by atoms with Gasteiger partial charge in [0.2, 0.25) is 0 Å². The third kappa shape index (κ3) is 3.19. The van der Waals surface area contributed by atoms with Crippen molar-refractivity contribution >= 4 is 27.4 Å². The minimum atomic E-state index is 0.744. The van der Waals surface area contributed by atoms with Gasteiger partial charge in [0.1, 0.15) is 17.0 Å². The standard InChI is InChI=1S/C14H21N3S/c1-3-5-6-11(4-2)9-15-13-12-7-8-18-14(12)17-10-16-13/h7-8,10-11H,3-6,9H2,1-2H3,(H,15,16,17)/t11-/m1/s1. The Hall–Kier alpha value is -1.16. The molecule has 0 unspecified atom stereocenters. The van der Waals surface area contributed by atoms with Gasteiger partial charge in [0.25, 0.3) is 0 Å². The third-order valence-corrected chi connectivity index (χ3v) is 4.18. The highest BCUT2D eigenvalue weighted by Crippen LogP contribution is 2.24. The van der Waals surface area contributed by atoms with Crippen LogP contribution in [0.25, 0.3) is 10.2 Å². The van der Waals surface area contributed by atoms with E-state index in [9.17, 15) is 0 Å². The lowest BCUT2D eigenvalue weighted by molar-refractivity contribution is 0.472. The van der Waals surface area contributed by atoms with E-state index in [1.165, 1.54) is 25.7 Å². The van der Waals surface area contributed by atoms with Crippen LogP contribution in [0, 0.1) is 5.92 Å². The number of fused-ring (bicyclic) bond motifs is 1. The molecular weight excluding hydrogens is 242 g/mol. The van der Waals surface area contributed by atoms with Crippen molar-refractivity contribution in [1.82, 2.24) is 9.97 Å². The molecule has 0 aliphatic heterocycles. The predicted molar refractivity (Wildman–Crippen MR) is 79.2 cm³/mol. The molecule has 2 heterocycles. The monoisotopic (exact) mass is 263 g/mol. The van der Waals surface area contributed by atoms with Crippen molar-refractivity contribution in [1.29, 1.82) is 0 Å². The van der Waals surface area contributed by atoms with Crippen molar-refractivity contribution in [2.75, 3.05) is 11.9 Å². The largest absolute Gasteiger partial charge is 0.369 e. The minimum absolute atomic E-state index is 0.744. The summed E-state index contributed by atoms with van der Waals surface area (Å²) in [4.78, 5) is 9.68. The van der Waals surface area contributed by atoms with E-state index in [0.29, 0.717) is 0 Å². The summed E-state index contributed by atoms with van der Waals surface area (Å²) in [5.41, 5.74) is 0. The minimum Gasteiger partial charge on any atom is -0.369 e. The number of unbranched alkanes of at least 4 members (excludes halogenated alkanes) is 1. The molecule has 0 spiro atoms. The lowest BCUT2D eigenvalue weighted by Gasteiger charge is -2.15. The summed E-state index contributed by atoms with van der Waals surface area (Å²) >= 11 is 1.66. The Morgan fingerprint density at radius 3 is 3.00 bits per heavy atom. The van der Waals surface area contributed by atoms with Gasteiger partial charge in [-0.3, -0.25) is 0 Å². The van der Waals surface area contributed by atoms with Crippen LogP contribution < -0.4 is 5.32 Å². The number of nitrogens with zero attached hydrogens (tertiary/aromatic N) is 2. The highest BCUT2D eigenvalue weighted by Gasteiger charge is 2.08. The molecule has 1 N–H and O–H groups in total. The average Bonchev–Trinajstić information content (AvgIpc) is 2.88. The highest BCUT2D eigenvalue weighted by molar-refractivity contribution is 7.16. The molecule has 4 heteroatoms. The Kier molecular flexibility index (Phi) is 4.93. The maximum atomic E-state index is 4.35. The van der Waals surface area contributed by atoms with E-state index in [4.69, 9.17) is 0 Å². The average molecular weight is 263 g/mol. The molecule has 0 bridgehead atoms. The molecule has 0 fully saturated rings. The lowest BCUT2D eigenvalue weighted by Crippen LogP contribution is -2.14. The number of aromatic nitrogens is 2. The Bertz CT molecular complexity index is 481. The quantitative estimate of drug-likeness (QED) is 0.808. The summed E-state index contributed by atoms with van der Waals surface area (Å²) < 4.78 is 0. The Balaban J connectivity index is 1.98. The van der Waals surface area contributed by atoms with E-state index in [1.807, 2.05) is 0 Å². The van der Waals surface area contributed by atoms with Crippen LogP contribution in [0.15, 0.2) is 17.8 Å². The molecule has 1 atom stereocenters. The molecule has 0 aliphatic rings. The molecule has 0 aromatic carbocycles. The van der Waals surface area contributed by atoms with Gasteiger partial charge in [-0.15, -0.1) is 11.3 Å². The predicted octanol–water partition coefficient (Wildman–Crippen LogP) is 4.32. The van der Waals surface area contributed by atoms with Crippen molar-refractivity contribution in [3.8, 4) is 0 Å². The summed E-state index contributed by atoms with van der Waals surface area (Å²) in [7, 11) is 0. The van der Waals surface area contributed by atoms with Gasteiger partial charge in [-0.1, -0.05) is 33.1 Å². The van der Waals surface area contributed by atoms with E-state index in [0.717, 1.165) is 28.5 Å². The van der Waals surface area contributed by atoms with Crippen LogP contribution in [0.3, 0.4) is 0 Å². The van der Waals surface area contributed by atoms with Gasteiger partial charge in [-0.25, -0.2) is 9.97 Å². The van der Waals surface area contributed by atoms with Gasteiger partial charge in [0.05, 0.1) is 5.39 Å². The zero-order valence-electron chi connectivity index (χ0n) is 11.1. The topological polar surface area (TPSA) is 37.8 Å². The molecule has 0 saturated heterocycles. The first kappa shape index (κ1) is 13.3. The maximum Gasteiger partial charge on any atom is 0.138 e. The fourth-order valence-corrected chi connectivity index (χ4v) is 2.85. The number of anilines is 1. The number of rotatable bonds is 7. The lowest BCUT2D eigenvalue weighted by atomic mass is 9.99. The van der Waals surface area contributed by atoms with E-state index in [-0.39, 0.29) is 0 Å². The number of thiophene rings is 1. The Morgan fingerprint density at radius 2 is 2.22 bits per heavy atom. The van der Waals surface area contributed by atoms with Crippen LogP contribution in [-0.2, 0) is 0 Å². The van der Waals surface area contributed by atoms with Crippen LogP contribution in [-0.4, -0.2) is 16.5 Å². The van der Waals surface area contributed by atoms with Gasteiger partial charge in [-0.05, 0) is 23.8 Å². The molecule has 2 aromatic rings. The third-order valence-electron chi connectivity index (χ3n) is 3.36. The van der Waals surface area contributed by atoms with Gasteiger partial charge in [0.15, 0.2) is 0 Å². The van der Waals surface area contributed by atoms with Crippen molar-refractivity contribution in [3.63, 3.8) is 0 Å². The van der Waals surface area contributed by atoms with E-state index in [1.54, 1.807) is 17.7 Å². The fourth-order valence-electron chi connectivity index (χ4n) is 2.12. The molecular formula is C14H21N3S. The zero-order chi connectivity index (χ0) is 12.8. The summed E-state index contributed by atoms with van der Waals surface area (Å²) in [5, 5.41) is 6.70. The molecule has 0 saturated carbocycles. The summed E-state index contributed by atoms with van der Waals surface area (Å²) in [6.07, 6.45) is 6.77. The molecule has 3 nitrogen and oxygen atoms in total. The Labute approximate surface area is 113 Å². The van der Waals surface area contributed by atoms with Crippen molar-refractivity contribution in [2.45, 2.75) is 39.5 Å². The summed E-state index contributed by atoms with van der Waals surface area (Å²) in [6.45, 7) is 5.53. The summed E-state index contributed by atoms with van der Waals surface area (Å²) in [5.74, 6) is 1.73. The van der Waals surface area contributed by atoms with Gasteiger partial charge < -0.3 is 5.32 Å². The van der Waals surface area contributed by atoms with Crippen LogP contribution >= 0.6 is 11.3 Å². The molecule has 2 aromatic heterocycles. The number of hydrogen-bond donors (Lipinski definition) is 1. The highest BCUT2D eigenvalue weighted by atomic mass is 32.1. The van der Waals surface area contributed by atoms with E-state index in [2.05, 4.69) is 40.6 Å². The molecule has 0 aliphatic carbocycles. The van der Waals surface area contributed by atoms with Crippen LogP contribution in [0.5, 0.6) is 0 Å². The fraction of sp³-hybridized carbons (Fsp3) is 0.571. The van der Waals surface area contributed by atoms with Gasteiger partial charge >= 0.3 is 0 Å². The first-order valence-corrected chi connectivity index (χ1v) is 7.65. The molecule has 2 rings (SSSR count). The van der Waals surface area contributed by atoms with Crippen LogP contribution in [0.4, 0.5) is 5.82 Å². The zero-order valence-corrected chi connectivity index (χ0v) is 12.0. The second-order valence-corrected chi connectivity index (χ2v) is 5.55. The van der Waals surface area contributed by atoms with Gasteiger partial charge in [-0.2, -0.15) is 0 Å². The molecule has 0 radical (unpaired) electrons. The molecule has 98 valence electrons. The molecule has 18 heavy (non-hydrogen) atoms. The van der Waals surface area contributed by atoms with Crippen molar-refractivity contribution in [3.05, 3.63) is 17.8 Å². The SMILES string of the molecule is CCCC[C@@H](CC)CNc1ncnc2sccc12. The second kappa shape index (κ2) is 6.69. The van der Waals surface area contributed by atoms with Crippen molar-refractivity contribution < 1.29 is 0 Å². The second-order valence-electron chi connectivity index (χ2n) is 4.66. The van der Waals surface area contributed by atoms with Crippen LogP contribution in [0.2, 0.25) is 0 Å². The van der Waals surface area contributed by atoms with E-state index >= 15 is 0 Å². The smallest absolute Gasteiger partial charge is 0.138 e. The maximum absolute atomic E-state index is 4.35.